The minimum Gasteiger partial charge on any atom is -0.467 e. The number of ether oxygens (including phenoxy) is 1. The minimum absolute atomic E-state index is 0.0972. The molecule has 0 saturated heterocycles. The van der Waals surface area contributed by atoms with Gasteiger partial charge in [0.05, 0.1) is 13.5 Å². The number of esters is 1. The van der Waals surface area contributed by atoms with Crippen molar-refractivity contribution in [2.45, 2.75) is 12.5 Å². The maximum atomic E-state index is 12.2. The fourth-order valence-electron chi connectivity index (χ4n) is 2.07. The standard InChI is InChI=1S/C17H16ClNO3/c1-22-17(21)16(12-7-3-2-4-8-12)19-15(20)11-13-9-5-6-10-14(13)18/h2-10,16H,11H2,1H3,(H,19,20)/t16-/m1/s1. The lowest BCUT2D eigenvalue weighted by molar-refractivity contribution is -0.145. The largest absolute Gasteiger partial charge is 0.467 e. The number of carbonyl (C=O) groups excluding carboxylic acids is 2. The van der Waals surface area contributed by atoms with E-state index in [9.17, 15) is 9.59 Å². The van der Waals surface area contributed by atoms with Gasteiger partial charge in [-0.2, -0.15) is 0 Å². The SMILES string of the molecule is COC(=O)[C@H](NC(=O)Cc1ccccc1Cl)c1ccccc1. The molecule has 2 rings (SSSR count). The summed E-state index contributed by atoms with van der Waals surface area (Å²) in [6.45, 7) is 0. The molecule has 0 fully saturated rings. The van der Waals surface area contributed by atoms with Crippen LogP contribution in [0.4, 0.5) is 0 Å². The Balaban J connectivity index is 2.12. The molecule has 0 radical (unpaired) electrons. The van der Waals surface area contributed by atoms with E-state index < -0.39 is 12.0 Å². The van der Waals surface area contributed by atoms with Crippen LogP contribution in [0.5, 0.6) is 0 Å². The van der Waals surface area contributed by atoms with Crippen molar-refractivity contribution in [3.05, 3.63) is 70.7 Å². The van der Waals surface area contributed by atoms with Gasteiger partial charge >= 0.3 is 5.97 Å². The third-order valence-corrected chi connectivity index (χ3v) is 3.55. The topological polar surface area (TPSA) is 55.4 Å². The first-order valence-corrected chi connectivity index (χ1v) is 7.15. The molecule has 1 amide bonds. The van der Waals surface area contributed by atoms with Crippen molar-refractivity contribution in [2.24, 2.45) is 0 Å². The van der Waals surface area contributed by atoms with Crippen LogP contribution < -0.4 is 5.32 Å². The summed E-state index contributed by atoms with van der Waals surface area (Å²) in [5.41, 5.74) is 1.38. The highest BCUT2D eigenvalue weighted by Gasteiger charge is 2.23. The molecule has 5 heteroatoms. The lowest BCUT2D eigenvalue weighted by Gasteiger charge is -2.17. The molecule has 2 aromatic carbocycles. The van der Waals surface area contributed by atoms with Gasteiger partial charge in [-0.1, -0.05) is 60.1 Å². The zero-order valence-electron chi connectivity index (χ0n) is 12.1. The smallest absolute Gasteiger partial charge is 0.333 e. The molecule has 0 aliphatic heterocycles. The highest BCUT2D eigenvalue weighted by molar-refractivity contribution is 6.31. The summed E-state index contributed by atoms with van der Waals surface area (Å²) in [7, 11) is 1.29. The third kappa shape index (κ3) is 4.09. The lowest BCUT2D eigenvalue weighted by Crippen LogP contribution is -2.35. The molecule has 4 nitrogen and oxygen atoms in total. The van der Waals surface area contributed by atoms with Gasteiger partial charge in [-0.15, -0.1) is 0 Å². The van der Waals surface area contributed by atoms with Crippen LogP contribution in [0.25, 0.3) is 0 Å². The first kappa shape index (κ1) is 16.0. The number of benzene rings is 2. The van der Waals surface area contributed by atoms with Gasteiger partial charge in [0, 0.05) is 5.02 Å². The van der Waals surface area contributed by atoms with Gasteiger partial charge in [0.2, 0.25) is 5.91 Å². The highest BCUT2D eigenvalue weighted by atomic mass is 35.5. The van der Waals surface area contributed by atoms with Crippen LogP contribution in [0.15, 0.2) is 54.6 Å². The minimum atomic E-state index is -0.832. The van der Waals surface area contributed by atoms with E-state index in [-0.39, 0.29) is 12.3 Å². The quantitative estimate of drug-likeness (QED) is 0.863. The van der Waals surface area contributed by atoms with E-state index in [0.29, 0.717) is 16.1 Å². The van der Waals surface area contributed by atoms with Crippen LogP contribution in [0.1, 0.15) is 17.2 Å². The average molecular weight is 318 g/mol. The van der Waals surface area contributed by atoms with Crippen LogP contribution in [-0.4, -0.2) is 19.0 Å². The molecule has 1 N–H and O–H groups in total. The molecule has 0 heterocycles. The van der Waals surface area contributed by atoms with Crippen molar-refractivity contribution in [1.29, 1.82) is 0 Å². The Hall–Kier alpha value is -2.33. The van der Waals surface area contributed by atoms with E-state index in [1.807, 2.05) is 12.1 Å². The number of halogens is 1. The molecule has 0 aliphatic rings. The number of rotatable bonds is 5. The molecule has 0 saturated carbocycles. The van der Waals surface area contributed by atoms with Gasteiger partial charge in [0.25, 0.3) is 0 Å². The lowest BCUT2D eigenvalue weighted by atomic mass is 10.1. The van der Waals surface area contributed by atoms with Crippen molar-refractivity contribution in [1.82, 2.24) is 5.32 Å². The molecular weight excluding hydrogens is 302 g/mol. The van der Waals surface area contributed by atoms with Crippen LogP contribution >= 0.6 is 11.6 Å². The van der Waals surface area contributed by atoms with E-state index >= 15 is 0 Å². The maximum absolute atomic E-state index is 12.2. The summed E-state index contributed by atoms with van der Waals surface area (Å²) in [5.74, 6) is -0.814. The first-order valence-electron chi connectivity index (χ1n) is 6.77. The number of nitrogens with one attached hydrogen (secondary N) is 1. The Bertz CT molecular complexity index is 658. The molecule has 22 heavy (non-hydrogen) atoms. The summed E-state index contributed by atoms with van der Waals surface area (Å²) in [4.78, 5) is 24.1. The zero-order valence-corrected chi connectivity index (χ0v) is 12.8. The van der Waals surface area contributed by atoms with Gasteiger partial charge in [-0.25, -0.2) is 4.79 Å². The van der Waals surface area contributed by atoms with Gasteiger partial charge in [-0.3, -0.25) is 4.79 Å². The zero-order chi connectivity index (χ0) is 15.9. The van der Waals surface area contributed by atoms with Crippen molar-refractivity contribution >= 4 is 23.5 Å². The van der Waals surface area contributed by atoms with Crippen LogP contribution in [0, 0.1) is 0 Å². The molecule has 0 unspecified atom stereocenters. The molecule has 0 spiro atoms. The predicted molar refractivity (Wildman–Crippen MR) is 84.5 cm³/mol. The molecule has 0 bridgehead atoms. The van der Waals surface area contributed by atoms with E-state index in [4.69, 9.17) is 16.3 Å². The Morgan fingerprint density at radius 1 is 1.09 bits per heavy atom. The monoisotopic (exact) mass is 317 g/mol. The Morgan fingerprint density at radius 3 is 2.36 bits per heavy atom. The summed E-state index contributed by atoms with van der Waals surface area (Å²) in [6, 6.07) is 15.2. The molecule has 1 atom stereocenters. The molecule has 114 valence electrons. The van der Waals surface area contributed by atoms with E-state index in [1.54, 1.807) is 42.5 Å². The normalized spacial score (nSPS) is 11.5. The first-order chi connectivity index (χ1) is 10.6. The third-order valence-electron chi connectivity index (χ3n) is 3.18. The van der Waals surface area contributed by atoms with E-state index in [1.165, 1.54) is 7.11 Å². The van der Waals surface area contributed by atoms with Crippen molar-refractivity contribution in [3.8, 4) is 0 Å². The fourth-order valence-corrected chi connectivity index (χ4v) is 2.27. The maximum Gasteiger partial charge on any atom is 0.333 e. The Labute approximate surface area is 134 Å². The van der Waals surface area contributed by atoms with E-state index in [2.05, 4.69) is 5.32 Å². The molecule has 0 aliphatic carbocycles. The molecule has 0 aromatic heterocycles. The molecular formula is C17H16ClNO3. The number of methoxy groups -OCH3 is 1. The van der Waals surface area contributed by atoms with Gasteiger partial charge in [0.15, 0.2) is 6.04 Å². The number of carbonyl (C=O) groups is 2. The second-order valence-electron chi connectivity index (χ2n) is 4.70. The molecule has 2 aromatic rings. The summed E-state index contributed by atoms with van der Waals surface area (Å²) < 4.78 is 4.76. The van der Waals surface area contributed by atoms with Gasteiger partial charge in [0.1, 0.15) is 0 Å². The van der Waals surface area contributed by atoms with Crippen LogP contribution in [-0.2, 0) is 20.7 Å². The Morgan fingerprint density at radius 2 is 1.73 bits per heavy atom. The van der Waals surface area contributed by atoms with Crippen LogP contribution in [0.3, 0.4) is 0 Å². The van der Waals surface area contributed by atoms with Gasteiger partial charge in [-0.05, 0) is 17.2 Å². The average Bonchev–Trinajstić information content (AvgIpc) is 2.55. The van der Waals surface area contributed by atoms with Crippen molar-refractivity contribution in [3.63, 3.8) is 0 Å². The van der Waals surface area contributed by atoms with E-state index in [0.717, 1.165) is 0 Å². The Kier molecular flexibility index (Phi) is 5.55. The summed E-state index contributed by atoms with van der Waals surface area (Å²) >= 11 is 6.04. The second kappa shape index (κ2) is 7.61. The van der Waals surface area contributed by atoms with Gasteiger partial charge < -0.3 is 10.1 Å². The van der Waals surface area contributed by atoms with Crippen molar-refractivity contribution < 1.29 is 14.3 Å². The van der Waals surface area contributed by atoms with Crippen LogP contribution in [0.2, 0.25) is 5.02 Å². The predicted octanol–water partition coefficient (Wildman–Crippen LogP) is 2.91. The summed E-state index contributed by atoms with van der Waals surface area (Å²) in [6.07, 6.45) is 0.0972. The number of hydrogen-bond donors (Lipinski definition) is 1. The second-order valence-corrected chi connectivity index (χ2v) is 5.11. The van der Waals surface area contributed by atoms with Crippen molar-refractivity contribution in [2.75, 3.05) is 7.11 Å². The number of hydrogen-bond acceptors (Lipinski definition) is 3. The summed E-state index contributed by atoms with van der Waals surface area (Å²) in [5, 5.41) is 3.21. The number of amides is 1. The fraction of sp³-hybridized carbons (Fsp3) is 0.176. The highest BCUT2D eigenvalue weighted by Crippen LogP contribution is 2.17.